The van der Waals surface area contributed by atoms with Gasteiger partial charge in [-0.15, -0.1) is 0 Å². The van der Waals surface area contributed by atoms with Crippen molar-refractivity contribution in [3.63, 3.8) is 0 Å². The maximum Gasteiger partial charge on any atom is 0.306 e. The molecule has 9 heteroatoms. The number of carbonyl (C=O) groups is 3. The van der Waals surface area contributed by atoms with Gasteiger partial charge in [-0.1, -0.05) is 48.5 Å². The second kappa shape index (κ2) is 9.68. The van der Waals surface area contributed by atoms with Gasteiger partial charge in [-0.25, -0.2) is 0 Å². The van der Waals surface area contributed by atoms with Crippen LogP contribution in [0, 0.1) is 0 Å². The van der Waals surface area contributed by atoms with E-state index in [9.17, 15) is 19.5 Å². The highest BCUT2D eigenvalue weighted by Gasteiger charge is 2.55. The van der Waals surface area contributed by atoms with Gasteiger partial charge in [0.2, 0.25) is 5.54 Å². The summed E-state index contributed by atoms with van der Waals surface area (Å²) in [6, 6.07) is 22.8. The lowest BCUT2D eigenvalue weighted by Crippen LogP contribution is -2.65. The Kier molecular flexibility index (Phi) is 6.50. The zero-order valence-corrected chi connectivity index (χ0v) is 19.1. The van der Waals surface area contributed by atoms with Crippen LogP contribution in [0.25, 0.3) is 0 Å². The molecule has 35 heavy (non-hydrogen) atoms. The number of carboxylic acid groups (broad SMARTS) is 1. The summed E-state index contributed by atoms with van der Waals surface area (Å²) in [5, 5.41) is 16.1. The Morgan fingerprint density at radius 2 is 1.71 bits per heavy atom. The van der Waals surface area contributed by atoms with Gasteiger partial charge in [0.05, 0.1) is 19.2 Å². The van der Waals surface area contributed by atoms with Crippen LogP contribution in [0.2, 0.25) is 0 Å². The lowest BCUT2D eigenvalue weighted by Gasteiger charge is -2.40. The smallest absolute Gasteiger partial charge is 0.306 e. The number of benzene rings is 3. The lowest BCUT2D eigenvalue weighted by atomic mass is 9.89. The van der Waals surface area contributed by atoms with Crippen LogP contribution in [0.15, 0.2) is 84.0 Å². The van der Waals surface area contributed by atoms with Crippen molar-refractivity contribution in [2.75, 3.05) is 22.2 Å². The van der Waals surface area contributed by atoms with Crippen molar-refractivity contribution >= 4 is 41.1 Å². The quantitative estimate of drug-likeness (QED) is 0.220. The number of para-hydroxylation sites is 2. The number of carbonyl (C=O) groups excluding carboxylic acids is 2. The van der Waals surface area contributed by atoms with E-state index < -0.39 is 29.7 Å². The highest BCUT2D eigenvalue weighted by Crippen LogP contribution is 2.37. The molecule has 3 aromatic carbocycles. The van der Waals surface area contributed by atoms with Gasteiger partial charge in [-0.3, -0.25) is 14.4 Å². The molecule has 0 fully saturated rings. The highest BCUT2D eigenvalue weighted by atomic mass is 16.4. The van der Waals surface area contributed by atoms with Gasteiger partial charge < -0.3 is 26.1 Å². The van der Waals surface area contributed by atoms with Crippen molar-refractivity contribution < 1.29 is 19.5 Å². The highest BCUT2D eigenvalue weighted by molar-refractivity contribution is 6.23. The Bertz CT molecular complexity index is 1280. The summed E-state index contributed by atoms with van der Waals surface area (Å²) in [5.74, 6) is 2.53. The molecule has 4 rings (SSSR count). The van der Waals surface area contributed by atoms with Crippen LogP contribution < -0.4 is 21.0 Å². The van der Waals surface area contributed by atoms with Gasteiger partial charge in [0.25, 0.3) is 11.8 Å². The van der Waals surface area contributed by atoms with Crippen molar-refractivity contribution in [3.05, 3.63) is 90.0 Å². The molecule has 1 aliphatic heterocycles. The first-order chi connectivity index (χ1) is 16.9. The van der Waals surface area contributed by atoms with E-state index in [2.05, 4.69) is 10.4 Å². The van der Waals surface area contributed by atoms with Crippen molar-refractivity contribution in [1.82, 2.24) is 0 Å². The number of nitrogens with two attached hydrogens (primary N) is 1. The Morgan fingerprint density at radius 1 is 1.06 bits per heavy atom. The number of hydrogen-bond acceptors (Lipinski definition) is 6. The Labute approximate surface area is 202 Å². The van der Waals surface area contributed by atoms with Crippen molar-refractivity contribution in [2.24, 2.45) is 10.9 Å². The van der Waals surface area contributed by atoms with Gasteiger partial charge in [0.15, 0.2) is 0 Å². The molecule has 0 bridgehead atoms. The molecule has 0 aliphatic carbocycles. The molecule has 1 aliphatic rings. The molecule has 9 nitrogen and oxygen atoms in total. The Morgan fingerprint density at radius 3 is 2.37 bits per heavy atom. The summed E-state index contributed by atoms with van der Waals surface area (Å²) >= 11 is 0. The molecule has 0 radical (unpaired) electrons. The summed E-state index contributed by atoms with van der Waals surface area (Å²) in [5.41, 5.74) is 1.03. The largest absolute Gasteiger partial charge is 0.481 e. The molecule has 2 amide bonds. The molecule has 1 atom stereocenters. The zero-order chi connectivity index (χ0) is 25.0. The van der Waals surface area contributed by atoms with Crippen molar-refractivity contribution in [1.29, 1.82) is 0 Å². The fourth-order valence-corrected chi connectivity index (χ4v) is 4.32. The maximum absolute atomic E-state index is 14.2. The summed E-state index contributed by atoms with van der Waals surface area (Å²) in [6.45, 7) is 0.186. The minimum Gasteiger partial charge on any atom is -0.481 e. The third-order valence-electron chi connectivity index (χ3n) is 6.10. The molecule has 4 N–H and O–H groups in total. The first-order valence-corrected chi connectivity index (χ1v) is 10.9. The van der Waals surface area contributed by atoms with E-state index in [0.717, 1.165) is 11.1 Å². The van der Waals surface area contributed by atoms with Crippen LogP contribution >= 0.6 is 0 Å². The molecule has 0 spiro atoms. The topological polar surface area (TPSA) is 128 Å². The summed E-state index contributed by atoms with van der Waals surface area (Å²) in [6.07, 6.45) is 0.721. The first-order valence-electron chi connectivity index (χ1n) is 10.9. The second-order valence-electron chi connectivity index (χ2n) is 8.20. The molecule has 1 heterocycles. The number of carboxylic acids is 1. The SMILES string of the molecule is CN1c2ccccc2CN(c2ccccc2)C(=O)C1(CC(=O)O)C(=O)Nc1ccc(C=NN)cc1. The van der Waals surface area contributed by atoms with Crippen LogP contribution in [0.3, 0.4) is 0 Å². The monoisotopic (exact) mass is 471 g/mol. The molecular weight excluding hydrogens is 446 g/mol. The van der Waals surface area contributed by atoms with Gasteiger partial charge in [0.1, 0.15) is 0 Å². The first kappa shape index (κ1) is 23.5. The Balaban J connectivity index is 1.85. The fraction of sp³-hybridized carbons (Fsp3) is 0.154. The third-order valence-corrected chi connectivity index (χ3v) is 6.10. The van der Waals surface area contributed by atoms with E-state index >= 15 is 0 Å². The number of rotatable bonds is 6. The van der Waals surface area contributed by atoms with E-state index in [1.165, 1.54) is 16.0 Å². The van der Waals surface area contributed by atoms with Crippen LogP contribution in [0.4, 0.5) is 17.1 Å². The molecule has 178 valence electrons. The van der Waals surface area contributed by atoms with Crippen LogP contribution in [0.1, 0.15) is 17.5 Å². The van der Waals surface area contributed by atoms with Gasteiger partial charge in [-0.05, 0) is 41.5 Å². The number of fused-ring (bicyclic) bond motifs is 1. The van der Waals surface area contributed by atoms with E-state index in [-0.39, 0.29) is 6.54 Å². The second-order valence-corrected chi connectivity index (χ2v) is 8.20. The molecule has 0 saturated heterocycles. The van der Waals surface area contributed by atoms with Crippen LogP contribution in [-0.4, -0.2) is 41.7 Å². The number of hydrogen-bond donors (Lipinski definition) is 3. The minimum atomic E-state index is -2.05. The lowest BCUT2D eigenvalue weighted by molar-refractivity contribution is -0.145. The minimum absolute atomic E-state index is 0.186. The standard InChI is InChI=1S/C26H25N5O4/c1-30-22-10-6-5-7-19(22)17-31(21-8-3-2-4-9-21)25(35)26(30,15-23(32)33)24(34)29-20-13-11-18(12-14-20)16-28-27/h2-14,16H,15,17,27H2,1H3,(H,29,34)(H,32,33). The zero-order valence-electron chi connectivity index (χ0n) is 19.1. The number of hydrazone groups is 1. The van der Waals surface area contributed by atoms with E-state index in [4.69, 9.17) is 5.84 Å². The predicted molar refractivity (Wildman–Crippen MR) is 134 cm³/mol. The molecule has 0 saturated carbocycles. The molecule has 0 aromatic heterocycles. The number of aliphatic carboxylic acids is 1. The van der Waals surface area contributed by atoms with Crippen LogP contribution in [-0.2, 0) is 20.9 Å². The Hall–Kier alpha value is -4.66. The maximum atomic E-state index is 14.2. The molecule has 1 unspecified atom stereocenters. The summed E-state index contributed by atoms with van der Waals surface area (Å²) in [7, 11) is 1.58. The van der Waals surface area contributed by atoms with Crippen LogP contribution in [0.5, 0.6) is 0 Å². The summed E-state index contributed by atoms with van der Waals surface area (Å²) < 4.78 is 0. The average molecular weight is 472 g/mol. The molecular formula is C26H25N5O4. The predicted octanol–water partition coefficient (Wildman–Crippen LogP) is 2.81. The number of amides is 2. The number of anilines is 3. The van der Waals surface area contributed by atoms with E-state index in [0.29, 0.717) is 17.1 Å². The number of nitrogens with one attached hydrogen (secondary N) is 1. The molecule has 3 aromatic rings. The van der Waals surface area contributed by atoms with Crippen molar-refractivity contribution in [2.45, 2.75) is 18.5 Å². The van der Waals surface area contributed by atoms with Gasteiger partial charge >= 0.3 is 5.97 Å². The normalized spacial score (nSPS) is 17.7. The number of likely N-dealkylation sites (N-methyl/N-ethyl adjacent to an activating group) is 1. The van der Waals surface area contributed by atoms with Crippen molar-refractivity contribution in [3.8, 4) is 0 Å². The third kappa shape index (κ3) is 4.43. The fourth-order valence-electron chi connectivity index (χ4n) is 4.32. The average Bonchev–Trinajstić information content (AvgIpc) is 2.95. The van der Waals surface area contributed by atoms with Gasteiger partial charge in [0, 0.05) is 24.1 Å². The number of nitrogens with zero attached hydrogens (tertiary/aromatic N) is 3. The van der Waals surface area contributed by atoms with E-state index in [1.807, 2.05) is 18.2 Å². The van der Waals surface area contributed by atoms with E-state index in [1.54, 1.807) is 67.7 Å². The van der Waals surface area contributed by atoms with Gasteiger partial charge in [-0.2, -0.15) is 5.10 Å². The summed E-state index contributed by atoms with van der Waals surface area (Å²) in [4.78, 5) is 43.1.